The molecule has 2 heterocycles. The fourth-order valence-electron chi connectivity index (χ4n) is 8.50. The lowest BCUT2D eigenvalue weighted by Crippen LogP contribution is -2.24. The summed E-state index contributed by atoms with van der Waals surface area (Å²) >= 11 is 1.68. The van der Waals surface area contributed by atoms with Gasteiger partial charge in [-0.2, -0.15) is 0 Å². The normalized spacial score (nSPS) is 15.6. The molecule has 0 spiro atoms. The van der Waals surface area contributed by atoms with Crippen LogP contribution in [0.4, 0.5) is 28.4 Å². The van der Waals surface area contributed by atoms with E-state index in [1.807, 2.05) is 29.2 Å². The fraction of sp³-hybridized carbons (Fsp3) is 0.0204. The Kier molecular flexibility index (Phi) is 7.21. The Bertz CT molecular complexity index is 3120. The van der Waals surface area contributed by atoms with E-state index in [1.54, 1.807) is 17.8 Å². The third-order valence-corrected chi connectivity index (χ3v) is 14.2. The lowest BCUT2D eigenvalue weighted by molar-refractivity contribution is 0.589. The van der Waals surface area contributed by atoms with Crippen molar-refractivity contribution in [1.29, 1.82) is 0 Å². The van der Waals surface area contributed by atoms with Crippen molar-refractivity contribution in [2.24, 2.45) is 0 Å². The second-order valence-corrected chi connectivity index (χ2v) is 17.2. The van der Waals surface area contributed by atoms with E-state index in [9.17, 15) is 8.42 Å². The Morgan fingerprint density at radius 3 is 1.93 bits per heavy atom. The molecule has 2 aliphatic rings. The number of anilines is 5. The summed E-state index contributed by atoms with van der Waals surface area (Å²) in [6.45, 7) is 0. The Hall–Kier alpha value is -6.34. The minimum atomic E-state index is -3.79. The van der Waals surface area contributed by atoms with Crippen molar-refractivity contribution in [3.8, 4) is 11.1 Å². The van der Waals surface area contributed by atoms with Gasteiger partial charge in [-0.3, -0.25) is 0 Å². The Morgan fingerprint density at radius 2 is 1.09 bits per heavy atom. The first-order chi connectivity index (χ1) is 27.0. The van der Waals surface area contributed by atoms with Crippen molar-refractivity contribution < 1.29 is 8.42 Å². The molecular formula is C49H32N2O2S2. The number of nitrogens with zero attached hydrogens (tertiary/aromatic N) is 2. The first-order valence-electron chi connectivity index (χ1n) is 18.4. The molecule has 0 radical (unpaired) electrons. The molecule has 1 unspecified atom stereocenters. The van der Waals surface area contributed by atoms with Gasteiger partial charge in [-0.05, 0) is 116 Å². The lowest BCUT2D eigenvalue weighted by atomic mass is 9.93. The summed E-state index contributed by atoms with van der Waals surface area (Å²) in [5, 5.41) is 6.23. The minimum Gasteiger partial charge on any atom is -0.319 e. The van der Waals surface area contributed by atoms with Crippen LogP contribution >= 0.6 is 11.8 Å². The van der Waals surface area contributed by atoms with Crippen LogP contribution in [0.1, 0.15) is 10.9 Å². The quantitative estimate of drug-likeness (QED) is 0.168. The van der Waals surface area contributed by atoms with E-state index < -0.39 is 15.2 Å². The number of benzene rings is 9. The summed E-state index contributed by atoms with van der Waals surface area (Å²) in [6.07, 6.45) is 0. The number of sulfone groups is 1. The molecule has 0 saturated heterocycles. The van der Waals surface area contributed by atoms with Gasteiger partial charge in [-0.1, -0.05) is 133 Å². The fourth-order valence-corrected chi connectivity index (χ4v) is 11.6. The molecule has 0 aromatic heterocycles. The Morgan fingerprint density at radius 1 is 0.455 bits per heavy atom. The van der Waals surface area contributed by atoms with Gasteiger partial charge in [-0.15, -0.1) is 0 Å². The molecule has 262 valence electrons. The molecule has 2 aliphatic heterocycles. The second kappa shape index (κ2) is 12.4. The highest BCUT2D eigenvalue weighted by molar-refractivity contribution is 7.99. The van der Waals surface area contributed by atoms with Crippen molar-refractivity contribution in [3.05, 3.63) is 194 Å². The highest BCUT2D eigenvalue weighted by Crippen LogP contribution is 2.55. The highest BCUT2D eigenvalue weighted by Gasteiger charge is 2.45. The van der Waals surface area contributed by atoms with Crippen molar-refractivity contribution in [1.82, 2.24) is 0 Å². The van der Waals surface area contributed by atoms with E-state index in [2.05, 4.69) is 163 Å². The minimum absolute atomic E-state index is 0.345. The molecule has 4 nitrogen and oxygen atoms in total. The molecule has 0 N–H and O–H groups in total. The van der Waals surface area contributed by atoms with Crippen LogP contribution in [-0.4, -0.2) is 8.42 Å². The molecule has 11 rings (SSSR count). The maximum absolute atomic E-state index is 14.6. The molecule has 1 atom stereocenters. The third-order valence-electron chi connectivity index (χ3n) is 11.0. The number of fused-ring (bicyclic) bond motifs is 7. The van der Waals surface area contributed by atoms with Crippen LogP contribution in [0.15, 0.2) is 203 Å². The zero-order valence-corrected chi connectivity index (χ0v) is 31.1. The second-order valence-electron chi connectivity index (χ2n) is 14.1. The van der Waals surface area contributed by atoms with Crippen molar-refractivity contribution in [3.63, 3.8) is 0 Å². The van der Waals surface area contributed by atoms with Crippen LogP contribution in [-0.2, 0) is 9.84 Å². The van der Waals surface area contributed by atoms with E-state index in [0.717, 1.165) is 49.2 Å². The van der Waals surface area contributed by atoms with Crippen molar-refractivity contribution in [2.45, 2.75) is 20.1 Å². The average Bonchev–Trinajstić information content (AvgIpc) is 3.48. The van der Waals surface area contributed by atoms with E-state index in [0.29, 0.717) is 10.6 Å². The molecule has 0 bridgehead atoms. The van der Waals surface area contributed by atoms with Crippen molar-refractivity contribution >= 4 is 82.4 Å². The summed E-state index contributed by atoms with van der Waals surface area (Å²) < 4.78 is 29.3. The predicted molar refractivity (Wildman–Crippen MR) is 228 cm³/mol. The van der Waals surface area contributed by atoms with Crippen LogP contribution in [0.3, 0.4) is 0 Å². The summed E-state index contributed by atoms with van der Waals surface area (Å²) in [6, 6.07) is 64.6. The first-order valence-corrected chi connectivity index (χ1v) is 20.7. The third kappa shape index (κ3) is 5.02. The largest absolute Gasteiger partial charge is 0.319 e. The summed E-state index contributed by atoms with van der Waals surface area (Å²) in [7, 11) is -3.79. The average molecular weight is 745 g/mol. The maximum atomic E-state index is 14.6. The number of hydrogen-bond donors (Lipinski definition) is 0. The van der Waals surface area contributed by atoms with Gasteiger partial charge >= 0.3 is 0 Å². The Balaban J connectivity index is 1.03. The van der Waals surface area contributed by atoms with Gasteiger partial charge in [0.15, 0.2) is 5.37 Å². The van der Waals surface area contributed by atoms with Crippen LogP contribution in [0.2, 0.25) is 0 Å². The van der Waals surface area contributed by atoms with Gasteiger partial charge < -0.3 is 9.80 Å². The topological polar surface area (TPSA) is 40.6 Å². The van der Waals surface area contributed by atoms with E-state index in [1.165, 1.54) is 32.3 Å². The SMILES string of the molecule is O=S1(=O)c2ccccc2N(c2ccc(-c3cc4ccccc4c4ccccc34)cc2)C1c1ccc2c(c1)Sc1ccccc1N2c1ccc2ccccc2c1. The summed E-state index contributed by atoms with van der Waals surface area (Å²) in [5.41, 5.74) is 7.64. The molecule has 0 fully saturated rings. The van der Waals surface area contributed by atoms with Gasteiger partial charge in [0, 0.05) is 21.2 Å². The molecule has 55 heavy (non-hydrogen) atoms. The van der Waals surface area contributed by atoms with Gasteiger partial charge in [0.25, 0.3) is 0 Å². The Labute approximate surface area is 323 Å². The first kappa shape index (κ1) is 32.1. The molecule has 6 heteroatoms. The molecular weight excluding hydrogens is 713 g/mol. The molecule has 0 aliphatic carbocycles. The molecule has 0 amide bonds. The van der Waals surface area contributed by atoms with E-state index in [4.69, 9.17) is 0 Å². The zero-order valence-electron chi connectivity index (χ0n) is 29.5. The van der Waals surface area contributed by atoms with E-state index in [-0.39, 0.29) is 0 Å². The predicted octanol–water partition coefficient (Wildman–Crippen LogP) is 13.4. The number of para-hydroxylation sites is 2. The molecule has 0 saturated carbocycles. The van der Waals surface area contributed by atoms with Crippen LogP contribution in [0.5, 0.6) is 0 Å². The number of rotatable bonds is 4. The van der Waals surface area contributed by atoms with Gasteiger partial charge in [0.2, 0.25) is 9.84 Å². The summed E-state index contributed by atoms with van der Waals surface area (Å²) in [4.78, 5) is 6.76. The summed E-state index contributed by atoms with van der Waals surface area (Å²) in [5.74, 6) is 0. The van der Waals surface area contributed by atoms with Gasteiger partial charge in [0.1, 0.15) is 0 Å². The van der Waals surface area contributed by atoms with Crippen molar-refractivity contribution in [2.75, 3.05) is 9.80 Å². The van der Waals surface area contributed by atoms with Gasteiger partial charge in [0.05, 0.1) is 22.0 Å². The number of hydrogen-bond acceptors (Lipinski definition) is 5. The van der Waals surface area contributed by atoms with Crippen LogP contribution < -0.4 is 9.80 Å². The standard InChI is InChI=1S/C49H32N2O2S2/c52-55(53)48-20-10-8-18-45(48)51(37-25-22-33(23-26-37)42-30-35-13-3-4-14-39(35)40-15-5-6-16-41(40)42)49(55)36-24-28-44-47(31-36)54-46-19-9-7-17-43(46)50(44)38-27-21-32-11-1-2-12-34(32)29-38/h1-31,49H. The highest BCUT2D eigenvalue weighted by atomic mass is 32.2. The van der Waals surface area contributed by atoms with Crippen LogP contribution in [0, 0.1) is 0 Å². The van der Waals surface area contributed by atoms with Gasteiger partial charge in [-0.25, -0.2) is 8.42 Å². The van der Waals surface area contributed by atoms with Crippen LogP contribution in [0.25, 0.3) is 43.4 Å². The smallest absolute Gasteiger partial charge is 0.206 e. The monoisotopic (exact) mass is 744 g/mol. The maximum Gasteiger partial charge on any atom is 0.206 e. The molecule has 9 aromatic carbocycles. The lowest BCUT2D eigenvalue weighted by Gasteiger charge is -2.34. The molecule has 9 aromatic rings. The van der Waals surface area contributed by atoms with E-state index >= 15 is 0 Å². The zero-order chi connectivity index (χ0) is 36.7.